The summed E-state index contributed by atoms with van der Waals surface area (Å²) in [6.07, 6.45) is 8.30. The summed E-state index contributed by atoms with van der Waals surface area (Å²) >= 11 is 1.44. The largest absolute Gasteiger partial charge is 0.367 e. The number of amides is 1. The van der Waals surface area contributed by atoms with Gasteiger partial charge in [0.15, 0.2) is 0 Å². The average Bonchev–Trinajstić information content (AvgIpc) is 3.44. The number of rotatable bonds is 5. The Balaban J connectivity index is 1.49. The van der Waals surface area contributed by atoms with Crippen LogP contribution in [0.25, 0.3) is 16.9 Å². The van der Waals surface area contributed by atoms with Crippen LogP contribution in [0.15, 0.2) is 66.2 Å². The topological polar surface area (TPSA) is 58.4 Å². The molecule has 0 saturated heterocycles. The Kier molecular flexibility index (Phi) is 5.24. The number of nitrogens with one attached hydrogen (secondary N) is 2. The van der Waals surface area contributed by atoms with Crippen molar-refractivity contribution in [1.29, 1.82) is 0 Å². The summed E-state index contributed by atoms with van der Waals surface area (Å²) < 4.78 is 2.13. The van der Waals surface area contributed by atoms with Gasteiger partial charge in [0, 0.05) is 23.5 Å². The van der Waals surface area contributed by atoms with Crippen LogP contribution in [-0.4, -0.2) is 21.3 Å². The van der Waals surface area contributed by atoms with E-state index in [1.165, 1.54) is 43.4 Å². The van der Waals surface area contributed by atoms with Crippen molar-refractivity contribution in [2.24, 2.45) is 0 Å². The molecule has 2 N–H and O–H groups in total. The first-order chi connectivity index (χ1) is 14.8. The summed E-state index contributed by atoms with van der Waals surface area (Å²) in [7, 11) is 0. The number of hydrogen-bond donors (Lipinski definition) is 2. The van der Waals surface area contributed by atoms with E-state index in [9.17, 15) is 4.79 Å². The second-order valence-corrected chi connectivity index (χ2v) is 8.68. The first-order valence-electron chi connectivity index (χ1n) is 10.5. The lowest BCUT2D eigenvalue weighted by atomic mass is 9.95. The van der Waals surface area contributed by atoms with Crippen molar-refractivity contribution in [1.82, 2.24) is 9.38 Å². The van der Waals surface area contributed by atoms with Crippen LogP contribution in [0, 0.1) is 0 Å². The predicted octanol–water partition coefficient (Wildman–Crippen LogP) is 6.06. The number of fused-ring (bicyclic) bond motifs is 1. The lowest BCUT2D eigenvalue weighted by Gasteiger charge is -2.24. The molecule has 0 spiro atoms. The number of benzene rings is 1. The van der Waals surface area contributed by atoms with Gasteiger partial charge in [-0.25, -0.2) is 4.98 Å². The highest BCUT2D eigenvalue weighted by molar-refractivity contribution is 7.12. The number of aromatic nitrogens is 2. The molecule has 0 unspecified atom stereocenters. The summed E-state index contributed by atoms with van der Waals surface area (Å²) in [6.45, 7) is 0. The van der Waals surface area contributed by atoms with Gasteiger partial charge in [-0.2, -0.15) is 0 Å². The van der Waals surface area contributed by atoms with Crippen LogP contribution in [0.5, 0.6) is 0 Å². The monoisotopic (exact) mass is 416 g/mol. The number of imidazole rings is 1. The molecule has 1 aromatic carbocycles. The molecule has 30 heavy (non-hydrogen) atoms. The van der Waals surface area contributed by atoms with Crippen LogP contribution in [0.1, 0.15) is 41.8 Å². The number of carbonyl (C=O) groups excluding carboxylic acids is 1. The minimum atomic E-state index is -0.0855. The molecule has 4 aromatic rings. The number of pyridine rings is 1. The molecule has 1 aliphatic rings. The van der Waals surface area contributed by atoms with Crippen LogP contribution < -0.4 is 10.6 Å². The third-order valence-electron chi connectivity index (χ3n) is 5.61. The van der Waals surface area contributed by atoms with E-state index in [1.54, 1.807) is 0 Å². The summed E-state index contributed by atoms with van der Waals surface area (Å²) in [5.74, 6) is 0.942. The van der Waals surface area contributed by atoms with E-state index in [1.807, 2.05) is 53.9 Å². The van der Waals surface area contributed by atoms with Crippen LogP contribution in [0.4, 0.5) is 11.5 Å². The molecular formula is C24H24N4OS. The van der Waals surface area contributed by atoms with E-state index >= 15 is 0 Å². The minimum Gasteiger partial charge on any atom is -0.367 e. The van der Waals surface area contributed by atoms with Gasteiger partial charge >= 0.3 is 0 Å². The molecule has 0 aliphatic heterocycles. The van der Waals surface area contributed by atoms with Gasteiger partial charge in [-0.15, -0.1) is 11.3 Å². The molecule has 0 bridgehead atoms. The third-order valence-corrected chi connectivity index (χ3v) is 6.48. The molecule has 3 aromatic heterocycles. The second kappa shape index (κ2) is 8.32. The van der Waals surface area contributed by atoms with Crippen LogP contribution in [-0.2, 0) is 0 Å². The van der Waals surface area contributed by atoms with Gasteiger partial charge in [0.1, 0.15) is 17.2 Å². The standard InChI is InChI=1S/C24H24N4OS/c29-24(20-12-7-15-30-20)26-19-11-6-8-17(16-19)22-23(25-18-9-2-1-3-10-18)28-14-5-4-13-21(28)27-22/h4-8,11-16,18,25H,1-3,9-10H2,(H,26,29). The Bertz CT molecular complexity index is 1160. The number of carbonyl (C=O) groups is 1. The zero-order chi connectivity index (χ0) is 20.3. The molecule has 152 valence electrons. The van der Waals surface area contributed by atoms with Crippen molar-refractivity contribution in [3.63, 3.8) is 0 Å². The SMILES string of the molecule is O=C(Nc1cccc(-c2nc3ccccn3c2NC2CCCCC2)c1)c1cccs1. The number of thiophene rings is 1. The molecular weight excluding hydrogens is 392 g/mol. The maximum atomic E-state index is 12.5. The number of hydrogen-bond acceptors (Lipinski definition) is 4. The van der Waals surface area contributed by atoms with E-state index in [2.05, 4.69) is 27.3 Å². The average molecular weight is 417 g/mol. The van der Waals surface area contributed by atoms with Crippen molar-refractivity contribution < 1.29 is 4.79 Å². The zero-order valence-corrected chi connectivity index (χ0v) is 17.5. The van der Waals surface area contributed by atoms with Gasteiger partial charge in [-0.3, -0.25) is 9.20 Å². The van der Waals surface area contributed by atoms with Crippen molar-refractivity contribution in [3.05, 3.63) is 71.1 Å². The predicted molar refractivity (Wildman–Crippen MR) is 123 cm³/mol. The van der Waals surface area contributed by atoms with Crippen LogP contribution in [0.2, 0.25) is 0 Å². The van der Waals surface area contributed by atoms with Crippen molar-refractivity contribution in [2.75, 3.05) is 10.6 Å². The highest BCUT2D eigenvalue weighted by Crippen LogP contribution is 2.32. The normalized spacial score (nSPS) is 14.7. The van der Waals surface area contributed by atoms with Gasteiger partial charge in [0.2, 0.25) is 0 Å². The number of anilines is 2. The molecule has 6 heteroatoms. The fourth-order valence-corrected chi connectivity index (χ4v) is 4.74. The maximum Gasteiger partial charge on any atom is 0.265 e. The third kappa shape index (κ3) is 3.83. The first-order valence-corrected chi connectivity index (χ1v) is 11.3. The summed E-state index contributed by atoms with van der Waals surface area (Å²) in [4.78, 5) is 18.1. The second-order valence-electron chi connectivity index (χ2n) is 7.73. The highest BCUT2D eigenvalue weighted by Gasteiger charge is 2.20. The molecule has 1 aliphatic carbocycles. The van der Waals surface area contributed by atoms with Crippen molar-refractivity contribution >= 4 is 34.4 Å². The molecule has 3 heterocycles. The molecule has 5 nitrogen and oxygen atoms in total. The zero-order valence-electron chi connectivity index (χ0n) is 16.7. The van der Waals surface area contributed by atoms with E-state index in [-0.39, 0.29) is 5.91 Å². The van der Waals surface area contributed by atoms with Gasteiger partial charge in [0.05, 0.1) is 4.88 Å². The Morgan fingerprint density at radius 3 is 2.77 bits per heavy atom. The summed E-state index contributed by atoms with van der Waals surface area (Å²) in [5, 5.41) is 8.68. The van der Waals surface area contributed by atoms with Crippen molar-refractivity contribution in [2.45, 2.75) is 38.1 Å². The molecule has 5 rings (SSSR count). The molecule has 1 fully saturated rings. The van der Waals surface area contributed by atoms with Crippen LogP contribution in [0.3, 0.4) is 0 Å². The molecule has 0 atom stereocenters. The Hall–Kier alpha value is -3.12. The van der Waals surface area contributed by atoms with Crippen LogP contribution >= 0.6 is 11.3 Å². The minimum absolute atomic E-state index is 0.0855. The van der Waals surface area contributed by atoms with Gasteiger partial charge < -0.3 is 10.6 Å². The van der Waals surface area contributed by atoms with E-state index in [0.717, 1.165) is 28.4 Å². The fraction of sp³-hybridized carbons (Fsp3) is 0.250. The number of nitrogens with zero attached hydrogens (tertiary/aromatic N) is 2. The fourth-order valence-electron chi connectivity index (χ4n) is 4.12. The smallest absolute Gasteiger partial charge is 0.265 e. The summed E-state index contributed by atoms with van der Waals surface area (Å²) in [6, 6.07) is 18.2. The Labute approximate surface area is 179 Å². The Morgan fingerprint density at radius 1 is 1.03 bits per heavy atom. The lowest BCUT2D eigenvalue weighted by molar-refractivity contribution is 0.103. The highest BCUT2D eigenvalue weighted by atomic mass is 32.1. The van der Waals surface area contributed by atoms with Gasteiger partial charge in [0.25, 0.3) is 5.91 Å². The van der Waals surface area contributed by atoms with Gasteiger partial charge in [-0.05, 0) is 48.6 Å². The van der Waals surface area contributed by atoms with Crippen molar-refractivity contribution in [3.8, 4) is 11.3 Å². The quantitative estimate of drug-likeness (QED) is 0.416. The van der Waals surface area contributed by atoms with E-state index in [0.29, 0.717) is 10.9 Å². The first kappa shape index (κ1) is 18.9. The van der Waals surface area contributed by atoms with E-state index < -0.39 is 0 Å². The van der Waals surface area contributed by atoms with E-state index in [4.69, 9.17) is 4.98 Å². The summed E-state index contributed by atoms with van der Waals surface area (Å²) in [5.41, 5.74) is 3.59. The van der Waals surface area contributed by atoms with Gasteiger partial charge in [-0.1, -0.05) is 43.5 Å². The lowest BCUT2D eigenvalue weighted by Crippen LogP contribution is -2.23. The molecule has 1 saturated carbocycles. The Morgan fingerprint density at radius 2 is 1.93 bits per heavy atom. The molecule has 0 radical (unpaired) electrons. The maximum absolute atomic E-state index is 12.5. The molecule has 1 amide bonds.